The van der Waals surface area contributed by atoms with E-state index in [2.05, 4.69) is 11.1 Å². The highest BCUT2D eigenvalue weighted by Gasteiger charge is 2.32. The van der Waals surface area contributed by atoms with Crippen molar-refractivity contribution < 1.29 is 22.9 Å². The van der Waals surface area contributed by atoms with Gasteiger partial charge in [0.2, 0.25) is 0 Å². The SMILES string of the molecule is C=O.N#Cc1ccc(COC(=O)N=C(N)N)c(F)c1N1CCC(C2CCN(S(N)=O)CC2)CC1. The van der Waals surface area contributed by atoms with Crippen molar-refractivity contribution in [1.82, 2.24) is 4.31 Å². The van der Waals surface area contributed by atoms with Crippen LogP contribution in [0.5, 0.6) is 0 Å². The predicted octanol–water partition coefficient (Wildman–Crippen LogP) is 0.888. The van der Waals surface area contributed by atoms with Crippen LogP contribution >= 0.6 is 0 Å². The van der Waals surface area contributed by atoms with Crippen molar-refractivity contribution >= 4 is 35.7 Å². The lowest BCUT2D eigenvalue weighted by Gasteiger charge is -2.40. The molecular formula is C21H30FN7O4S. The summed E-state index contributed by atoms with van der Waals surface area (Å²) < 4.78 is 33.4. The topological polar surface area (TPSA) is 181 Å². The molecule has 11 nitrogen and oxygen atoms in total. The van der Waals surface area contributed by atoms with Crippen molar-refractivity contribution in [2.45, 2.75) is 32.3 Å². The number of hydrogen-bond acceptors (Lipinski definition) is 6. The van der Waals surface area contributed by atoms with E-state index in [-0.39, 0.29) is 23.4 Å². The molecule has 2 saturated heterocycles. The van der Waals surface area contributed by atoms with Gasteiger partial charge in [0.05, 0.1) is 11.3 Å². The average molecular weight is 496 g/mol. The molecule has 0 spiro atoms. The molecule has 1 amide bonds. The first-order valence-electron chi connectivity index (χ1n) is 10.7. The number of ether oxygens (including phenoxy) is 1. The molecule has 0 radical (unpaired) electrons. The fraction of sp³-hybridized carbons (Fsp3) is 0.524. The number of hydrogen-bond donors (Lipinski definition) is 3. The van der Waals surface area contributed by atoms with Crippen LogP contribution in [0.15, 0.2) is 17.1 Å². The van der Waals surface area contributed by atoms with Gasteiger partial charge in [0, 0.05) is 31.7 Å². The zero-order valence-corrected chi connectivity index (χ0v) is 19.6. The highest BCUT2D eigenvalue weighted by atomic mass is 32.2. The molecule has 6 N–H and O–H groups in total. The summed E-state index contributed by atoms with van der Waals surface area (Å²) in [6.07, 6.45) is 2.64. The van der Waals surface area contributed by atoms with Crippen LogP contribution in [0.2, 0.25) is 0 Å². The Balaban J connectivity index is 0.00000199. The minimum Gasteiger partial charge on any atom is -0.443 e. The second-order valence-electron chi connectivity index (χ2n) is 8.00. The zero-order chi connectivity index (χ0) is 25.3. The fourth-order valence-electron chi connectivity index (χ4n) is 4.52. The molecule has 34 heavy (non-hydrogen) atoms. The molecule has 0 aliphatic carbocycles. The molecule has 1 aromatic rings. The molecule has 2 aliphatic rings. The van der Waals surface area contributed by atoms with E-state index in [1.807, 2.05) is 11.7 Å². The van der Waals surface area contributed by atoms with Gasteiger partial charge in [-0.15, -0.1) is 4.99 Å². The van der Waals surface area contributed by atoms with Crippen molar-refractivity contribution in [3.8, 4) is 6.07 Å². The average Bonchev–Trinajstić information content (AvgIpc) is 2.84. The minimum absolute atomic E-state index is 0.141. The number of carbonyl (C=O) groups excluding carboxylic acids is 2. The number of nitrogens with two attached hydrogens (primary N) is 3. The van der Waals surface area contributed by atoms with E-state index in [4.69, 9.17) is 26.1 Å². The maximum Gasteiger partial charge on any atom is 0.437 e. The lowest BCUT2D eigenvalue weighted by Crippen LogP contribution is -2.43. The first kappa shape index (κ1) is 27.2. The summed E-state index contributed by atoms with van der Waals surface area (Å²) in [5, 5.41) is 15.0. The second kappa shape index (κ2) is 13.0. The van der Waals surface area contributed by atoms with Gasteiger partial charge in [0.15, 0.2) is 22.9 Å². The minimum atomic E-state index is -1.42. The van der Waals surface area contributed by atoms with Crippen molar-refractivity contribution in [2.75, 3.05) is 31.1 Å². The van der Waals surface area contributed by atoms with Crippen molar-refractivity contribution in [2.24, 2.45) is 33.4 Å². The number of carbonyl (C=O) groups is 2. The summed E-state index contributed by atoms with van der Waals surface area (Å²) in [5.74, 6) is -0.00463. The molecule has 1 unspecified atom stereocenters. The Morgan fingerprint density at radius 1 is 1.18 bits per heavy atom. The second-order valence-corrected chi connectivity index (χ2v) is 9.07. The van der Waals surface area contributed by atoms with Crippen LogP contribution in [0.4, 0.5) is 14.9 Å². The summed E-state index contributed by atoms with van der Waals surface area (Å²) in [5.41, 5.74) is 10.9. The predicted molar refractivity (Wildman–Crippen MR) is 126 cm³/mol. The van der Waals surface area contributed by atoms with Crippen molar-refractivity contribution in [3.63, 3.8) is 0 Å². The molecule has 1 aromatic carbocycles. The Hall–Kier alpha value is -3.08. The molecule has 0 aromatic heterocycles. The Labute approximate surface area is 200 Å². The molecule has 186 valence electrons. The number of anilines is 1. The Morgan fingerprint density at radius 3 is 2.24 bits per heavy atom. The van der Waals surface area contributed by atoms with E-state index in [1.165, 1.54) is 12.1 Å². The molecule has 2 aliphatic heterocycles. The van der Waals surface area contributed by atoms with Gasteiger partial charge in [-0.2, -0.15) is 5.26 Å². The third-order valence-electron chi connectivity index (χ3n) is 6.16. The largest absolute Gasteiger partial charge is 0.443 e. The summed E-state index contributed by atoms with van der Waals surface area (Å²) in [6, 6.07) is 4.99. The third kappa shape index (κ3) is 6.96. The van der Waals surface area contributed by atoms with Gasteiger partial charge in [-0.1, -0.05) is 6.07 Å². The standard InChI is InChI=1S/C20H28FN7O3S.CH2O/c21-17-16(12-31-20(29)26-19(23)24)2-1-15(11-22)18(17)27-7-3-13(4-8-27)14-5-9-28(10-6-14)32(25)30;1-2/h1-2,13-14H,3-10,12,25H2,(H4,23,24,26,29);1H2. The number of amides is 1. The van der Waals surface area contributed by atoms with Gasteiger partial charge in [0.1, 0.15) is 19.5 Å². The highest BCUT2D eigenvalue weighted by Crippen LogP contribution is 2.36. The molecular weight excluding hydrogens is 465 g/mol. The van der Waals surface area contributed by atoms with Crippen molar-refractivity contribution in [1.29, 1.82) is 5.26 Å². The molecule has 0 bridgehead atoms. The van der Waals surface area contributed by atoms with Crippen LogP contribution in [0, 0.1) is 29.0 Å². The number of halogens is 1. The third-order valence-corrected chi connectivity index (χ3v) is 7.04. The van der Waals surface area contributed by atoms with Crippen LogP contribution in [0.25, 0.3) is 0 Å². The number of nitrogens with zero attached hydrogens (tertiary/aromatic N) is 4. The first-order valence-corrected chi connectivity index (χ1v) is 11.9. The normalized spacial score (nSPS) is 18.2. The van der Waals surface area contributed by atoms with Gasteiger partial charge in [0.25, 0.3) is 0 Å². The van der Waals surface area contributed by atoms with E-state index < -0.39 is 29.0 Å². The van der Waals surface area contributed by atoms with Crippen LogP contribution in [0.3, 0.4) is 0 Å². The Kier molecular flexibility index (Phi) is 10.4. The smallest absolute Gasteiger partial charge is 0.437 e. The van der Waals surface area contributed by atoms with Crippen molar-refractivity contribution in [3.05, 3.63) is 29.1 Å². The number of nitriles is 1. The number of benzene rings is 1. The molecule has 13 heteroatoms. The summed E-state index contributed by atoms with van der Waals surface area (Å²) >= 11 is -1.42. The van der Waals surface area contributed by atoms with Crippen LogP contribution in [-0.4, -0.2) is 53.5 Å². The number of guanidine groups is 1. The van der Waals surface area contributed by atoms with Crippen LogP contribution < -0.4 is 21.5 Å². The van der Waals surface area contributed by atoms with Gasteiger partial charge in [-0.3, -0.25) is 0 Å². The maximum atomic E-state index is 15.3. The first-order chi connectivity index (χ1) is 16.3. The van der Waals surface area contributed by atoms with E-state index >= 15 is 4.39 Å². The van der Waals surface area contributed by atoms with Crippen LogP contribution in [-0.2, 0) is 27.3 Å². The molecule has 3 rings (SSSR count). The lowest BCUT2D eigenvalue weighted by atomic mass is 9.79. The van der Waals surface area contributed by atoms with E-state index in [1.54, 1.807) is 4.31 Å². The lowest BCUT2D eigenvalue weighted by molar-refractivity contribution is -0.0980. The van der Waals surface area contributed by atoms with Gasteiger partial charge in [-0.25, -0.2) is 22.8 Å². The maximum absolute atomic E-state index is 15.3. The molecule has 2 heterocycles. The quantitative estimate of drug-likeness (QED) is 0.397. The van der Waals surface area contributed by atoms with Crippen LogP contribution in [0.1, 0.15) is 36.8 Å². The van der Waals surface area contributed by atoms with E-state index in [0.29, 0.717) is 24.9 Å². The molecule has 0 saturated carbocycles. The van der Waals surface area contributed by atoms with Gasteiger partial charge >= 0.3 is 6.09 Å². The van der Waals surface area contributed by atoms with E-state index in [9.17, 15) is 14.3 Å². The van der Waals surface area contributed by atoms with E-state index in [0.717, 1.165) is 38.8 Å². The summed E-state index contributed by atoms with van der Waals surface area (Å²) in [6.45, 7) is 4.34. The van der Waals surface area contributed by atoms with Gasteiger partial charge in [-0.05, 0) is 43.6 Å². The molecule has 1 atom stereocenters. The summed E-state index contributed by atoms with van der Waals surface area (Å²) in [7, 11) is 0. The fourth-order valence-corrected chi connectivity index (χ4v) is 5.09. The summed E-state index contributed by atoms with van der Waals surface area (Å²) in [4.78, 5) is 24.6. The Bertz CT molecular complexity index is 951. The Morgan fingerprint density at radius 2 is 1.74 bits per heavy atom. The molecule has 2 fully saturated rings. The number of aliphatic imine (C=N–C) groups is 1. The van der Waals surface area contributed by atoms with Gasteiger partial charge < -0.3 is 25.9 Å². The number of rotatable bonds is 5. The number of piperidine rings is 2. The zero-order valence-electron chi connectivity index (χ0n) is 18.8. The monoisotopic (exact) mass is 495 g/mol. The highest BCUT2D eigenvalue weighted by molar-refractivity contribution is 7.80.